The lowest BCUT2D eigenvalue weighted by molar-refractivity contribution is 0.125. The first-order valence-corrected chi connectivity index (χ1v) is 12.2. The Kier molecular flexibility index (Phi) is 8.63. The molecule has 0 atom stereocenters. The van der Waals surface area contributed by atoms with E-state index < -0.39 is 0 Å². The molecule has 4 rings (SSSR count). The summed E-state index contributed by atoms with van der Waals surface area (Å²) in [5, 5.41) is 0. The summed E-state index contributed by atoms with van der Waals surface area (Å²) in [5.41, 5.74) is 3.43. The van der Waals surface area contributed by atoms with Crippen LogP contribution in [-0.2, 0) is 13.1 Å². The summed E-state index contributed by atoms with van der Waals surface area (Å²) in [7, 11) is 9.94. The van der Waals surface area contributed by atoms with Gasteiger partial charge in [0, 0.05) is 26.2 Å². The molecule has 0 aliphatic carbocycles. The summed E-state index contributed by atoms with van der Waals surface area (Å²) in [5.74, 6) is 4.32. The number of rotatable bonds is 11. The van der Waals surface area contributed by atoms with E-state index in [4.69, 9.17) is 28.4 Å². The van der Waals surface area contributed by atoms with Gasteiger partial charge in [0.25, 0.3) is 0 Å². The minimum Gasteiger partial charge on any atom is -0.493 e. The second-order valence-electron chi connectivity index (χ2n) is 8.81. The number of benzene rings is 3. The molecule has 1 aliphatic rings. The Bertz CT molecular complexity index is 1140. The van der Waals surface area contributed by atoms with Gasteiger partial charge < -0.3 is 28.4 Å². The summed E-state index contributed by atoms with van der Waals surface area (Å²) >= 11 is 0. The van der Waals surface area contributed by atoms with Crippen LogP contribution in [0.5, 0.6) is 34.5 Å². The zero-order chi connectivity index (χ0) is 26.4. The highest BCUT2D eigenvalue weighted by Crippen LogP contribution is 2.39. The fourth-order valence-electron chi connectivity index (χ4n) is 4.93. The van der Waals surface area contributed by atoms with Crippen LogP contribution in [0.25, 0.3) is 0 Å². The molecule has 8 heteroatoms. The summed E-state index contributed by atoms with van der Waals surface area (Å²) in [6.45, 7) is 3.31. The van der Waals surface area contributed by atoms with E-state index in [0.29, 0.717) is 11.5 Å². The topological polar surface area (TPSA) is 61.9 Å². The van der Waals surface area contributed by atoms with E-state index in [1.165, 1.54) is 0 Å². The lowest BCUT2D eigenvalue weighted by Crippen LogP contribution is -2.30. The number of hydrogen-bond acceptors (Lipinski definition) is 8. The van der Waals surface area contributed by atoms with Crippen LogP contribution in [0.3, 0.4) is 0 Å². The third kappa shape index (κ3) is 5.70. The maximum Gasteiger partial charge on any atom is 0.161 e. The van der Waals surface area contributed by atoms with Gasteiger partial charge in [-0.3, -0.25) is 9.80 Å². The number of nitrogens with zero attached hydrogens (tertiary/aromatic N) is 2. The Morgan fingerprint density at radius 2 is 0.892 bits per heavy atom. The van der Waals surface area contributed by atoms with Crippen molar-refractivity contribution in [2.75, 3.05) is 55.7 Å². The van der Waals surface area contributed by atoms with Gasteiger partial charge in [-0.15, -0.1) is 0 Å². The molecule has 0 bridgehead atoms. The zero-order valence-corrected chi connectivity index (χ0v) is 22.4. The molecular formula is C29H36N2O6. The molecule has 1 saturated heterocycles. The van der Waals surface area contributed by atoms with Gasteiger partial charge in [-0.2, -0.15) is 0 Å². The first-order valence-electron chi connectivity index (χ1n) is 12.2. The maximum atomic E-state index is 5.63. The highest BCUT2D eigenvalue weighted by molar-refractivity contribution is 5.46. The third-order valence-electron chi connectivity index (χ3n) is 6.74. The first kappa shape index (κ1) is 26.4. The number of methoxy groups -OCH3 is 6. The van der Waals surface area contributed by atoms with Crippen LogP contribution in [-0.4, -0.2) is 65.5 Å². The molecule has 3 aromatic carbocycles. The highest BCUT2D eigenvalue weighted by atomic mass is 16.5. The molecule has 1 heterocycles. The van der Waals surface area contributed by atoms with E-state index in [9.17, 15) is 0 Å². The number of hydrogen-bond donors (Lipinski definition) is 0. The Balaban J connectivity index is 1.67. The van der Waals surface area contributed by atoms with Crippen molar-refractivity contribution in [1.82, 2.24) is 9.80 Å². The van der Waals surface area contributed by atoms with Crippen LogP contribution in [0.2, 0.25) is 0 Å². The normalized spacial score (nSPS) is 14.4. The monoisotopic (exact) mass is 508 g/mol. The van der Waals surface area contributed by atoms with E-state index in [-0.39, 0.29) is 6.17 Å². The average molecular weight is 509 g/mol. The standard InChI is InChI=1S/C29H36N2O6/c1-32-23-10-7-20(15-26(23)35-4)18-30-13-14-31(19-21-8-11-24(33-2)27(16-21)36-5)29(30)22-9-12-25(34-3)28(17-22)37-6/h7-12,15-17,29H,13-14,18-19H2,1-6H3. The average Bonchev–Trinajstić information content (AvgIpc) is 3.33. The quantitative estimate of drug-likeness (QED) is 0.368. The Hall–Kier alpha value is -3.62. The smallest absolute Gasteiger partial charge is 0.161 e. The van der Waals surface area contributed by atoms with Gasteiger partial charge in [-0.05, 0) is 53.1 Å². The minimum atomic E-state index is 0.0287. The van der Waals surface area contributed by atoms with Gasteiger partial charge in [0.1, 0.15) is 0 Å². The fraction of sp³-hybridized carbons (Fsp3) is 0.379. The SMILES string of the molecule is COc1ccc(CN2CCN(Cc3ccc(OC)c(OC)c3)C2c2ccc(OC)c(OC)c2)cc1OC. The highest BCUT2D eigenvalue weighted by Gasteiger charge is 2.34. The van der Waals surface area contributed by atoms with Crippen LogP contribution in [0, 0.1) is 0 Å². The summed E-state index contributed by atoms with van der Waals surface area (Å²) < 4.78 is 33.1. The van der Waals surface area contributed by atoms with Gasteiger partial charge in [0.15, 0.2) is 34.5 Å². The molecule has 0 saturated carbocycles. The molecule has 8 nitrogen and oxygen atoms in total. The van der Waals surface area contributed by atoms with E-state index in [2.05, 4.69) is 34.1 Å². The largest absolute Gasteiger partial charge is 0.493 e. The van der Waals surface area contributed by atoms with Crippen molar-refractivity contribution in [2.45, 2.75) is 19.3 Å². The van der Waals surface area contributed by atoms with Gasteiger partial charge >= 0.3 is 0 Å². The van der Waals surface area contributed by atoms with Crippen LogP contribution < -0.4 is 28.4 Å². The minimum absolute atomic E-state index is 0.0287. The molecular weight excluding hydrogens is 472 g/mol. The van der Waals surface area contributed by atoms with E-state index >= 15 is 0 Å². The van der Waals surface area contributed by atoms with E-state index in [1.54, 1.807) is 42.7 Å². The third-order valence-corrected chi connectivity index (χ3v) is 6.74. The van der Waals surface area contributed by atoms with Crippen LogP contribution in [0.15, 0.2) is 54.6 Å². The van der Waals surface area contributed by atoms with Gasteiger partial charge in [0.2, 0.25) is 0 Å². The van der Waals surface area contributed by atoms with Crippen molar-refractivity contribution in [3.63, 3.8) is 0 Å². The lowest BCUT2D eigenvalue weighted by atomic mass is 10.1. The van der Waals surface area contributed by atoms with Crippen molar-refractivity contribution in [3.8, 4) is 34.5 Å². The van der Waals surface area contributed by atoms with Crippen molar-refractivity contribution < 1.29 is 28.4 Å². The van der Waals surface area contributed by atoms with Crippen LogP contribution >= 0.6 is 0 Å². The molecule has 0 unspecified atom stereocenters. The molecule has 0 N–H and O–H groups in total. The Morgan fingerprint density at radius 3 is 1.30 bits per heavy atom. The predicted molar refractivity (Wildman–Crippen MR) is 142 cm³/mol. The van der Waals surface area contributed by atoms with Crippen molar-refractivity contribution in [3.05, 3.63) is 71.3 Å². The second-order valence-corrected chi connectivity index (χ2v) is 8.81. The van der Waals surface area contributed by atoms with Gasteiger partial charge in [-0.25, -0.2) is 0 Å². The molecule has 37 heavy (non-hydrogen) atoms. The van der Waals surface area contributed by atoms with Gasteiger partial charge in [-0.1, -0.05) is 18.2 Å². The first-order chi connectivity index (χ1) is 18.0. The maximum absolute atomic E-state index is 5.63. The molecule has 0 aromatic heterocycles. The van der Waals surface area contributed by atoms with Crippen molar-refractivity contribution in [2.24, 2.45) is 0 Å². The molecule has 1 fully saturated rings. The van der Waals surface area contributed by atoms with Gasteiger partial charge in [0.05, 0.1) is 48.8 Å². The van der Waals surface area contributed by atoms with E-state index in [1.807, 2.05) is 30.3 Å². The van der Waals surface area contributed by atoms with Crippen LogP contribution in [0.4, 0.5) is 0 Å². The molecule has 198 valence electrons. The molecule has 0 spiro atoms. The zero-order valence-electron chi connectivity index (χ0n) is 22.4. The molecule has 3 aromatic rings. The summed E-state index contributed by atoms with van der Waals surface area (Å²) in [6.07, 6.45) is 0.0287. The summed E-state index contributed by atoms with van der Waals surface area (Å²) in [6, 6.07) is 18.3. The number of ether oxygens (including phenoxy) is 6. The van der Waals surface area contributed by atoms with E-state index in [0.717, 1.165) is 65.9 Å². The predicted octanol–water partition coefficient (Wildman–Crippen LogP) is 4.75. The molecule has 1 aliphatic heterocycles. The lowest BCUT2D eigenvalue weighted by Gasteiger charge is -2.31. The fourth-order valence-corrected chi connectivity index (χ4v) is 4.93. The van der Waals surface area contributed by atoms with Crippen molar-refractivity contribution in [1.29, 1.82) is 0 Å². The Morgan fingerprint density at radius 1 is 0.514 bits per heavy atom. The van der Waals surface area contributed by atoms with Crippen molar-refractivity contribution >= 4 is 0 Å². The molecule has 0 amide bonds. The second kappa shape index (κ2) is 12.1. The van der Waals surface area contributed by atoms with Crippen LogP contribution in [0.1, 0.15) is 22.9 Å². The Labute approximate surface area is 219 Å². The molecule has 0 radical (unpaired) electrons. The summed E-state index contributed by atoms with van der Waals surface area (Å²) in [4.78, 5) is 4.92.